The summed E-state index contributed by atoms with van der Waals surface area (Å²) >= 11 is 0. The minimum Gasteiger partial charge on any atom is -0.507 e. The van der Waals surface area contributed by atoms with E-state index in [0.717, 1.165) is 0 Å². The summed E-state index contributed by atoms with van der Waals surface area (Å²) in [6.45, 7) is 0. The van der Waals surface area contributed by atoms with E-state index in [1.807, 2.05) is 0 Å². The minimum absolute atomic E-state index is 0.0276. The predicted octanol–water partition coefficient (Wildman–Crippen LogP) is 2.75. The number of rotatable bonds is 4. The summed E-state index contributed by atoms with van der Waals surface area (Å²) in [7, 11) is 0. The highest BCUT2D eigenvalue weighted by Gasteiger charge is 2.02. The first-order valence-electron chi connectivity index (χ1n) is 5.75. The van der Waals surface area contributed by atoms with Gasteiger partial charge in [-0.2, -0.15) is 10.2 Å². The molecule has 2 aromatic rings. The Morgan fingerprint density at radius 2 is 1.65 bits per heavy atom. The van der Waals surface area contributed by atoms with Crippen LogP contribution in [0, 0.1) is 10.1 Å². The van der Waals surface area contributed by atoms with E-state index in [0.29, 0.717) is 11.1 Å². The molecule has 1 N–H and O–H groups in total. The van der Waals surface area contributed by atoms with E-state index in [1.54, 1.807) is 36.4 Å². The van der Waals surface area contributed by atoms with Gasteiger partial charge in [0.05, 0.1) is 17.4 Å². The highest BCUT2D eigenvalue weighted by atomic mass is 16.6. The van der Waals surface area contributed by atoms with Gasteiger partial charge in [0.25, 0.3) is 5.69 Å². The molecule has 2 rings (SSSR count). The van der Waals surface area contributed by atoms with E-state index in [4.69, 9.17) is 0 Å². The van der Waals surface area contributed by atoms with Gasteiger partial charge >= 0.3 is 0 Å². The monoisotopic (exact) mass is 269 g/mol. The fourth-order valence-corrected chi connectivity index (χ4v) is 1.47. The first-order chi connectivity index (χ1) is 9.66. The van der Waals surface area contributed by atoms with Crippen molar-refractivity contribution < 1.29 is 10.0 Å². The van der Waals surface area contributed by atoms with Gasteiger partial charge in [-0.05, 0) is 29.8 Å². The van der Waals surface area contributed by atoms with Crippen molar-refractivity contribution in [3.8, 4) is 5.75 Å². The Morgan fingerprint density at radius 1 is 1.00 bits per heavy atom. The van der Waals surface area contributed by atoms with Crippen molar-refractivity contribution in [1.29, 1.82) is 0 Å². The van der Waals surface area contributed by atoms with Crippen molar-refractivity contribution in [2.75, 3.05) is 0 Å². The predicted molar refractivity (Wildman–Crippen MR) is 76.4 cm³/mol. The molecule has 0 saturated heterocycles. The van der Waals surface area contributed by atoms with Gasteiger partial charge in [-0.3, -0.25) is 10.1 Å². The van der Waals surface area contributed by atoms with Crippen LogP contribution in [0.15, 0.2) is 58.7 Å². The van der Waals surface area contributed by atoms with Gasteiger partial charge in [-0.15, -0.1) is 0 Å². The molecule has 0 bridgehead atoms. The van der Waals surface area contributed by atoms with Crippen LogP contribution in [0.5, 0.6) is 5.75 Å². The third kappa shape index (κ3) is 3.49. The molecule has 0 aliphatic carbocycles. The fourth-order valence-electron chi connectivity index (χ4n) is 1.47. The average Bonchev–Trinajstić information content (AvgIpc) is 2.46. The lowest BCUT2D eigenvalue weighted by Crippen LogP contribution is -1.88. The molecular formula is C14H11N3O3. The normalized spacial score (nSPS) is 11.2. The van der Waals surface area contributed by atoms with E-state index in [9.17, 15) is 15.2 Å². The van der Waals surface area contributed by atoms with E-state index < -0.39 is 4.92 Å². The fraction of sp³-hybridized carbons (Fsp3) is 0. The number of benzene rings is 2. The van der Waals surface area contributed by atoms with Crippen LogP contribution in [0.3, 0.4) is 0 Å². The molecule has 0 saturated carbocycles. The molecule has 0 amide bonds. The summed E-state index contributed by atoms with van der Waals surface area (Å²) in [5, 5.41) is 27.6. The summed E-state index contributed by atoms with van der Waals surface area (Å²) in [5.41, 5.74) is 1.29. The van der Waals surface area contributed by atoms with Crippen LogP contribution in [-0.4, -0.2) is 22.5 Å². The molecule has 0 aromatic heterocycles. The van der Waals surface area contributed by atoms with Crippen molar-refractivity contribution >= 4 is 18.1 Å². The van der Waals surface area contributed by atoms with Crippen molar-refractivity contribution in [1.82, 2.24) is 0 Å². The van der Waals surface area contributed by atoms with Gasteiger partial charge in [-0.25, -0.2) is 0 Å². The van der Waals surface area contributed by atoms with Crippen molar-refractivity contribution in [3.05, 3.63) is 69.8 Å². The number of hydrogen-bond acceptors (Lipinski definition) is 5. The van der Waals surface area contributed by atoms with E-state index in [1.165, 1.54) is 24.6 Å². The zero-order valence-electron chi connectivity index (χ0n) is 10.4. The van der Waals surface area contributed by atoms with Gasteiger partial charge in [0.2, 0.25) is 0 Å². The van der Waals surface area contributed by atoms with Crippen LogP contribution < -0.4 is 0 Å². The van der Waals surface area contributed by atoms with Gasteiger partial charge in [0.15, 0.2) is 0 Å². The lowest BCUT2D eigenvalue weighted by atomic mass is 10.2. The van der Waals surface area contributed by atoms with Gasteiger partial charge in [-0.1, -0.05) is 12.1 Å². The number of aromatic hydroxyl groups is 1. The zero-order valence-corrected chi connectivity index (χ0v) is 10.4. The molecule has 0 heterocycles. The highest BCUT2D eigenvalue weighted by Crippen LogP contribution is 2.13. The number of nitrogens with zero attached hydrogens (tertiary/aromatic N) is 3. The van der Waals surface area contributed by atoms with E-state index >= 15 is 0 Å². The molecule has 0 spiro atoms. The molecule has 100 valence electrons. The zero-order chi connectivity index (χ0) is 14.4. The first kappa shape index (κ1) is 13.4. The number of non-ortho nitro benzene ring substituents is 1. The Kier molecular flexibility index (Phi) is 4.18. The molecule has 6 heteroatoms. The topological polar surface area (TPSA) is 88.1 Å². The van der Waals surface area contributed by atoms with Crippen molar-refractivity contribution in [2.24, 2.45) is 10.2 Å². The van der Waals surface area contributed by atoms with E-state index in [2.05, 4.69) is 10.2 Å². The smallest absolute Gasteiger partial charge is 0.269 e. The van der Waals surface area contributed by atoms with Gasteiger partial charge in [0.1, 0.15) is 5.75 Å². The lowest BCUT2D eigenvalue weighted by Gasteiger charge is -1.94. The van der Waals surface area contributed by atoms with Gasteiger partial charge in [0, 0.05) is 17.7 Å². The Labute approximate surface area is 114 Å². The molecule has 2 aromatic carbocycles. The average molecular weight is 269 g/mol. The summed E-state index contributed by atoms with van der Waals surface area (Å²) in [4.78, 5) is 10.0. The SMILES string of the molecule is O=[N+]([O-])c1ccc(/C=N\N=C\c2ccccc2O)cc1. The molecule has 0 aliphatic heterocycles. The molecule has 20 heavy (non-hydrogen) atoms. The summed E-state index contributed by atoms with van der Waals surface area (Å²) in [6, 6.07) is 12.7. The Morgan fingerprint density at radius 3 is 2.30 bits per heavy atom. The number of para-hydroxylation sites is 1. The number of phenols is 1. The van der Waals surface area contributed by atoms with E-state index in [-0.39, 0.29) is 11.4 Å². The second-order valence-electron chi connectivity index (χ2n) is 3.90. The maximum Gasteiger partial charge on any atom is 0.269 e. The summed E-state index contributed by atoms with van der Waals surface area (Å²) < 4.78 is 0. The van der Waals surface area contributed by atoms with Crippen molar-refractivity contribution in [2.45, 2.75) is 0 Å². The third-order valence-electron chi connectivity index (χ3n) is 2.51. The maximum absolute atomic E-state index is 10.5. The quantitative estimate of drug-likeness (QED) is 0.525. The molecule has 0 aliphatic rings. The maximum atomic E-state index is 10.5. The third-order valence-corrected chi connectivity index (χ3v) is 2.51. The molecule has 0 radical (unpaired) electrons. The number of hydrogen-bond donors (Lipinski definition) is 1. The second-order valence-corrected chi connectivity index (χ2v) is 3.90. The van der Waals surface area contributed by atoms with Crippen LogP contribution >= 0.6 is 0 Å². The number of nitro groups is 1. The number of phenolic OH excluding ortho intramolecular Hbond substituents is 1. The Hall–Kier alpha value is -3.02. The summed E-state index contributed by atoms with van der Waals surface area (Å²) in [5.74, 6) is 0.127. The molecule has 0 atom stereocenters. The van der Waals surface area contributed by atoms with Crippen LogP contribution in [0.4, 0.5) is 5.69 Å². The van der Waals surface area contributed by atoms with Crippen LogP contribution in [0.2, 0.25) is 0 Å². The Balaban J connectivity index is 2.03. The molecule has 0 fully saturated rings. The van der Waals surface area contributed by atoms with Crippen LogP contribution in [-0.2, 0) is 0 Å². The lowest BCUT2D eigenvalue weighted by molar-refractivity contribution is -0.384. The molecule has 0 unspecified atom stereocenters. The largest absolute Gasteiger partial charge is 0.507 e. The van der Waals surface area contributed by atoms with Crippen LogP contribution in [0.1, 0.15) is 11.1 Å². The highest BCUT2D eigenvalue weighted by molar-refractivity contribution is 5.84. The minimum atomic E-state index is -0.461. The summed E-state index contributed by atoms with van der Waals surface area (Å²) in [6.07, 6.45) is 2.90. The van der Waals surface area contributed by atoms with Gasteiger partial charge < -0.3 is 5.11 Å². The standard InChI is InChI=1S/C14H11N3O3/c18-14-4-2-1-3-12(14)10-16-15-9-11-5-7-13(8-6-11)17(19)20/h1-10,18H/b15-9-,16-10+. The number of nitro benzene ring substituents is 1. The second kappa shape index (κ2) is 6.24. The Bertz CT molecular complexity index is 664. The van der Waals surface area contributed by atoms with Crippen molar-refractivity contribution in [3.63, 3.8) is 0 Å². The van der Waals surface area contributed by atoms with Crippen LogP contribution in [0.25, 0.3) is 0 Å². The first-order valence-corrected chi connectivity index (χ1v) is 5.75. The molecule has 6 nitrogen and oxygen atoms in total. The molecular weight excluding hydrogens is 258 g/mol.